The molecule has 7 aromatic carbocycles. The van der Waals surface area contributed by atoms with Gasteiger partial charge in [-0.3, -0.25) is 0 Å². The lowest BCUT2D eigenvalue weighted by Crippen LogP contribution is -2.14. The van der Waals surface area contributed by atoms with Crippen LogP contribution in [0, 0.1) is 0 Å². The molecule has 0 fully saturated rings. The summed E-state index contributed by atoms with van der Waals surface area (Å²) < 4.78 is 0. The first-order valence-electron chi connectivity index (χ1n) is 17.4. The summed E-state index contributed by atoms with van der Waals surface area (Å²) in [5.74, 6) is 1.94. The van der Waals surface area contributed by atoms with E-state index in [1.54, 1.807) is 0 Å². The Hall–Kier alpha value is -6.45. The molecule has 0 atom stereocenters. The van der Waals surface area contributed by atoms with Crippen LogP contribution in [0.5, 0.6) is 0 Å². The van der Waals surface area contributed by atoms with Crippen LogP contribution in [0.3, 0.4) is 0 Å². The molecule has 1 aliphatic rings. The van der Waals surface area contributed by atoms with Crippen molar-refractivity contribution in [3.05, 3.63) is 187 Å². The van der Waals surface area contributed by atoms with Crippen LogP contribution in [0.2, 0.25) is 0 Å². The van der Waals surface area contributed by atoms with Gasteiger partial charge in [0, 0.05) is 22.1 Å². The van der Waals surface area contributed by atoms with E-state index in [0.29, 0.717) is 17.5 Å². The van der Waals surface area contributed by atoms with E-state index in [9.17, 15) is 0 Å². The van der Waals surface area contributed by atoms with E-state index in [1.165, 1.54) is 22.3 Å². The highest BCUT2D eigenvalue weighted by atomic mass is 15.0. The predicted molar refractivity (Wildman–Crippen MR) is 210 cm³/mol. The number of fused-ring (bicyclic) bond motifs is 3. The Balaban J connectivity index is 1.30. The number of aromatic nitrogens is 3. The fourth-order valence-corrected chi connectivity index (χ4v) is 7.52. The van der Waals surface area contributed by atoms with Crippen molar-refractivity contribution >= 4 is 0 Å². The van der Waals surface area contributed by atoms with Crippen molar-refractivity contribution in [2.24, 2.45) is 0 Å². The van der Waals surface area contributed by atoms with E-state index < -0.39 is 0 Å². The number of benzene rings is 7. The Morgan fingerprint density at radius 2 is 0.725 bits per heavy atom. The average Bonchev–Trinajstić information content (AvgIpc) is 3.44. The van der Waals surface area contributed by atoms with Gasteiger partial charge in [0.25, 0.3) is 0 Å². The summed E-state index contributed by atoms with van der Waals surface area (Å²) in [7, 11) is 0. The van der Waals surface area contributed by atoms with Gasteiger partial charge >= 0.3 is 0 Å². The van der Waals surface area contributed by atoms with Gasteiger partial charge in [-0.1, -0.05) is 166 Å². The minimum absolute atomic E-state index is 0.140. The SMILES string of the molecule is CC1(C)c2ccccc2-c2c(-c3nc(-c4cccc(-c5ccccc5)c4)nc(-c4cc(-c5ccccc5)cc(-c5ccccc5)c4)n3)cccc21. The molecule has 242 valence electrons. The zero-order chi connectivity index (χ0) is 34.4. The summed E-state index contributed by atoms with van der Waals surface area (Å²) in [6.45, 7) is 4.61. The van der Waals surface area contributed by atoms with Crippen LogP contribution in [-0.2, 0) is 5.41 Å². The van der Waals surface area contributed by atoms with Crippen LogP contribution in [0.25, 0.3) is 78.7 Å². The highest BCUT2D eigenvalue weighted by Crippen LogP contribution is 2.51. The molecule has 3 heteroatoms. The lowest BCUT2D eigenvalue weighted by molar-refractivity contribution is 0.660. The van der Waals surface area contributed by atoms with Crippen LogP contribution in [0.15, 0.2) is 176 Å². The number of rotatable bonds is 6. The maximum absolute atomic E-state index is 5.33. The molecule has 0 saturated heterocycles. The summed E-state index contributed by atoms with van der Waals surface area (Å²) in [4.78, 5) is 15.8. The lowest BCUT2D eigenvalue weighted by Gasteiger charge is -2.21. The quantitative estimate of drug-likeness (QED) is 0.179. The summed E-state index contributed by atoms with van der Waals surface area (Å²) in [6, 6.07) is 62.0. The normalized spacial score (nSPS) is 12.7. The zero-order valence-corrected chi connectivity index (χ0v) is 28.6. The topological polar surface area (TPSA) is 38.7 Å². The molecule has 3 nitrogen and oxygen atoms in total. The Bertz CT molecular complexity index is 2480. The third-order valence-corrected chi connectivity index (χ3v) is 10.1. The molecular formula is C48H35N3. The predicted octanol–water partition coefficient (Wildman–Crippen LogP) is 12.2. The van der Waals surface area contributed by atoms with E-state index in [4.69, 9.17) is 15.0 Å². The van der Waals surface area contributed by atoms with Crippen LogP contribution in [0.1, 0.15) is 25.0 Å². The second kappa shape index (κ2) is 12.5. The Morgan fingerprint density at radius 1 is 0.314 bits per heavy atom. The molecule has 1 aliphatic carbocycles. The average molecular weight is 654 g/mol. The van der Waals surface area contributed by atoms with E-state index in [0.717, 1.165) is 50.1 Å². The first-order chi connectivity index (χ1) is 25.0. The third-order valence-electron chi connectivity index (χ3n) is 10.1. The molecule has 0 aliphatic heterocycles. The Labute approximate surface area is 299 Å². The molecule has 0 radical (unpaired) electrons. The maximum atomic E-state index is 5.33. The Kier molecular flexibility index (Phi) is 7.48. The molecule has 9 rings (SSSR count). The molecule has 0 bridgehead atoms. The highest BCUT2D eigenvalue weighted by Gasteiger charge is 2.37. The molecule has 0 amide bonds. The van der Waals surface area contributed by atoms with Gasteiger partial charge in [0.1, 0.15) is 0 Å². The summed E-state index contributed by atoms with van der Waals surface area (Å²) in [5, 5.41) is 0. The van der Waals surface area contributed by atoms with E-state index >= 15 is 0 Å². The van der Waals surface area contributed by atoms with Gasteiger partial charge in [0.15, 0.2) is 17.5 Å². The van der Waals surface area contributed by atoms with Gasteiger partial charge in [-0.15, -0.1) is 0 Å². The van der Waals surface area contributed by atoms with Crippen molar-refractivity contribution in [3.8, 4) is 78.7 Å². The van der Waals surface area contributed by atoms with Crippen LogP contribution in [-0.4, -0.2) is 15.0 Å². The van der Waals surface area contributed by atoms with Crippen molar-refractivity contribution in [1.29, 1.82) is 0 Å². The second-order valence-electron chi connectivity index (χ2n) is 13.7. The first kappa shape index (κ1) is 30.6. The fraction of sp³-hybridized carbons (Fsp3) is 0.0625. The third kappa shape index (κ3) is 5.53. The van der Waals surface area contributed by atoms with Crippen LogP contribution in [0.4, 0.5) is 0 Å². The van der Waals surface area contributed by atoms with E-state index in [-0.39, 0.29) is 5.41 Å². The minimum atomic E-state index is -0.140. The molecule has 1 heterocycles. The van der Waals surface area contributed by atoms with Gasteiger partial charge < -0.3 is 0 Å². The van der Waals surface area contributed by atoms with Gasteiger partial charge in [-0.2, -0.15) is 0 Å². The van der Waals surface area contributed by atoms with Gasteiger partial charge in [0.05, 0.1) is 0 Å². The number of hydrogen-bond donors (Lipinski definition) is 0. The smallest absolute Gasteiger partial charge is 0.164 e. The van der Waals surface area contributed by atoms with Gasteiger partial charge in [-0.25, -0.2) is 15.0 Å². The highest BCUT2D eigenvalue weighted by molar-refractivity contribution is 5.91. The second-order valence-corrected chi connectivity index (χ2v) is 13.7. The molecule has 1 aromatic heterocycles. The maximum Gasteiger partial charge on any atom is 0.164 e. The zero-order valence-electron chi connectivity index (χ0n) is 28.6. The van der Waals surface area contributed by atoms with Crippen molar-refractivity contribution < 1.29 is 0 Å². The Morgan fingerprint density at radius 3 is 1.37 bits per heavy atom. The van der Waals surface area contributed by atoms with Crippen molar-refractivity contribution in [1.82, 2.24) is 15.0 Å². The minimum Gasteiger partial charge on any atom is -0.208 e. The summed E-state index contributed by atoms with van der Waals surface area (Å²) in [6.07, 6.45) is 0. The first-order valence-corrected chi connectivity index (χ1v) is 17.4. The summed E-state index contributed by atoms with van der Waals surface area (Å²) >= 11 is 0. The molecule has 0 spiro atoms. The van der Waals surface area contributed by atoms with Crippen molar-refractivity contribution in [3.63, 3.8) is 0 Å². The number of nitrogens with zero attached hydrogens (tertiary/aromatic N) is 3. The standard InChI is InChI=1S/C48H35N3/c1-48(2)42-26-13-12-24-40(42)44-41(25-15-27-43(44)48)47-50-45(36-23-14-22-35(28-36)32-16-6-3-7-17-32)49-46(51-47)39-30-37(33-18-8-4-9-19-33)29-38(31-39)34-20-10-5-11-21-34/h3-31H,1-2H3. The van der Waals surface area contributed by atoms with Crippen molar-refractivity contribution in [2.45, 2.75) is 19.3 Å². The molecule has 0 N–H and O–H groups in total. The van der Waals surface area contributed by atoms with Crippen LogP contribution < -0.4 is 0 Å². The largest absolute Gasteiger partial charge is 0.208 e. The molecule has 0 saturated carbocycles. The molecular weight excluding hydrogens is 619 g/mol. The van der Waals surface area contributed by atoms with Crippen molar-refractivity contribution in [2.75, 3.05) is 0 Å². The monoisotopic (exact) mass is 653 g/mol. The molecule has 0 unspecified atom stereocenters. The lowest BCUT2D eigenvalue weighted by atomic mass is 9.82. The number of hydrogen-bond acceptors (Lipinski definition) is 3. The summed E-state index contributed by atoms with van der Waals surface area (Å²) in [5.41, 5.74) is 14.6. The van der Waals surface area contributed by atoms with Crippen LogP contribution >= 0.6 is 0 Å². The molecule has 51 heavy (non-hydrogen) atoms. The van der Waals surface area contributed by atoms with E-state index in [2.05, 4.69) is 184 Å². The fourth-order valence-electron chi connectivity index (χ4n) is 7.52. The molecule has 8 aromatic rings. The van der Waals surface area contributed by atoms with Gasteiger partial charge in [0.2, 0.25) is 0 Å². The van der Waals surface area contributed by atoms with E-state index in [1.807, 2.05) is 6.07 Å². The van der Waals surface area contributed by atoms with Gasteiger partial charge in [-0.05, 0) is 79.9 Å².